The maximum absolute atomic E-state index is 6.00. The minimum atomic E-state index is -0.254. The second kappa shape index (κ2) is 7.03. The summed E-state index contributed by atoms with van der Waals surface area (Å²) in [6.07, 6.45) is 4.69. The fourth-order valence-corrected chi connectivity index (χ4v) is 3.46. The number of hydrogen-bond acceptors (Lipinski definition) is 3. The van der Waals surface area contributed by atoms with Crippen LogP contribution in [0.25, 0.3) is 0 Å². The van der Waals surface area contributed by atoms with Gasteiger partial charge >= 0.3 is 7.12 Å². The van der Waals surface area contributed by atoms with Crippen molar-refractivity contribution in [2.45, 2.75) is 57.7 Å². The predicted octanol–water partition coefficient (Wildman–Crippen LogP) is 4.05. The van der Waals surface area contributed by atoms with Crippen molar-refractivity contribution < 1.29 is 9.31 Å². The van der Waals surface area contributed by atoms with Crippen molar-refractivity contribution in [3.8, 4) is 0 Å². The number of benzene rings is 1. The van der Waals surface area contributed by atoms with Gasteiger partial charge in [0.1, 0.15) is 0 Å². The molecule has 1 aromatic carbocycles. The molecule has 0 spiro atoms. The molecule has 2 aliphatic heterocycles. The number of piperidine rings is 1. The average molecular weight is 327 g/mol. The van der Waals surface area contributed by atoms with Crippen molar-refractivity contribution in [3.05, 3.63) is 47.9 Å². The Bertz CT molecular complexity index is 546. The first-order chi connectivity index (χ1) is 11.4. The molecule has 130 valence electrons. The van der Waals surface area contributed by atoms with E-state index in [-0.39, 0.29) is 18.3 Å². The highest BCUT2D eigenvalue weighted by Crippen LogP contribution is 2.36. The van der Waals surface area contributed by atoms with Gasteiger partial charge in [-0.15, -0.1) is 0 Å². The van der Waals surface area contributed by atoms with Crippen LogP contribution in [0.15, 0.2) is 42.4 Å². The first kappa shape index (κ1) is 17.7. The lowest BCUT2D eigenvalue weighted by atomic mass is 9.88. The Hall–Kier alpha value is -1.10. The van der Waals surface area contributed by atoms with E-state index in [1.165, 1.54) is 18.4 Å². The van der Waals surface area contributed by atoms with Gasteiger partial charge in [-0.05, 0) is 65.1 Å². The molecule has 4 heteroatoms. The second-order valence-corrected chi connectivity index (χ2v) is 8.04. The lowest BCUT2D eigenvalue weighted by Gasteiger charge is -2.32. The van der Waals surface area contributed by atoms with E-state index >= 15 is 0 Å². The number of likely N-dealkylation sites (tertiary alicyclic amines) is 1. The Labute approximate surface area is 147 Å². The lowest BCUT2D eigenvalue weighted by Crippen LogP contribution is -2.41. The number of nitrogens with zero attached hydrogens (tertiary/aromatic N) is 1. The zero-order valence-electron chi connectivity index (χ0n) is 15.5. The van der Waals surface area contributed by atoms with Crippen LogP contribution in [0.3, 0.4) is 0 Å². The Kier molecular flexibility index (Phi) is 5.19. The van der Waals surface area contributed by atoms with Crippen LogP contribution in [-0.2, 0) is 9.31 Å². The molecule has 0 saturated carbocycles. The smallest absolute Gasteiger partial charge is 0.400 e. The lowest BCUT2D eigenvalue weighted by molar-refractivity contribution is 0.00578. The molecule has 0 atom stereocenters. The van der Waals surface area contributed by atoms with Crippen LogP contribution in [0.1, 0.15) is 52.0 Å². The van der Waals surface area contributed by atoms with Crippen LogP contribution >= 0.6 is 0 Å². The molecule has 0 radical (unpaired) electrons. The molecule has 0 aliphatic carbocycles. The summed E-state index contributed by atoms with van der Waals surface area (Å²) in [4.78, 5) is 2.52. The summed E-state index contributed by atoms with van der Waals surface area (Å²) in [5.41, 5.74) is 0.983. The molecule has 1 aromatic rings. The molecule has 3 nitrogen and oxygen atoms in total. The summed E-state index contributed by atoms with van der Waals surface area (Å²) in [5, 5.41) is 0. The van der Waals surface area contributed by atoms with E-state index in [1.807, 2.05) is 0 Å². The van der Waals surface area contributed by atoms with Gasteiger partial charge in [0.15, 0.2) is 0 Å². The molecule has 2 fully saturated rings. The minimum absolute atomic E-state index is 0.225. The molecular formula is C20H30BNO2. The van der Waals surface area contributed by atoms with Gasteiger partial charge in [-0.3, -0.25) is 4.90 Å². The topological polar surface area (TPSA) is 21.7 Å². The van der Waals surface area contributed by atoms with E-state index in [2.05, 4.69) is 75.0 Å². The van der Waals surface area contributed by atoms with Gasteiger partial charge in [-0.1, -0.05) is 42.4 Å². The molecule has 3 rings (SSSR count). The monoisotopic (exact) mass is 327 g/mol. The molecule has 2 aliphatic rings. The fourth-order valence-electron chi connectivity index (χ4n) is 3.46. The van der Waals surface area contributed by atoms with Crippen molar-refractivity contribution in [2.24, 2.45) is 0 Å². The maximum Gasteiger partial charge on any atom is 0.486 e. The molecule has 0 unspecified atom stereocenters. The first-order valence-electron chi connectivity index (χ1n) is 9.17. The van der Waals surface area contributed by atoms with Crippen LogP contribution < -0.4 is 0 Å². The third kappa shape index (κ3) is 3.93. The largest absolute Gasteiger partial charge is 0.486 e. The van der Waals surface area contributed by atoms with Crippen LogP contribution in [0.2, 0.25) is 0 Å². The van der Waals surface area contributed by atoms with Gasteiger partial charge in [0.25, 0.3) is 0 Å². The molecule has 0 aromatic heterocycles. The number of hydrogen-bond donors (Lipinski definition) is 0. The van der Waals surface area contributed by atoms with E-state index in [1.54, 1.807) is 0 Å². The summed E-state index contributed by atoms with van der Waals surface area (Å²) in [5.74, 6) is 2.79. The van der Waals surface area contributed by atoms with Crippen molar-refractivity contribution in [3.63, 3.8) is 0 Å². The highest BCUT2D eigenvalue weighted by Gasteiger charge is 2.49. The Morgan fingerprint density at radius 1 is 1.04 bits per heavy atom. The zero-order chi connectivity index (χ0) is 17.2. The molecule has 2 heterocycles. The van der Waals surface area contributed by atoms with Crippen LogP contribution in [0, 0.1) is 0 Å². The third-order valence-electron chi connectivity index (χ3n) is 5.79. The number of rotatable bonds is 4. The molecular weight excluding hydrogens is 297 g/mol. The first-order valence-corrected chi connectivity index (χ1v) is 9.17. The van der Waals surface area contributed by atoms with Crippen molar-refractivity contribution >= 4 is 7.12 Å². The van der Waals surface area contributed by atoms with Crippen molar-refractivity contribution in [2.75, 3.05) is 19.6 Å². The second-order valence-electron chi connectivity index (χ2n) is 8.04. The summed E-state index contributed by atoms with van der Waals surface area (Å²) >= 11 is 0. The SMILES string of the molecule is CC1(C)OB(/C=C/CN2CCC(c3ccccc3)CC2)OC1(C)C. The van der Waals surface area contributed by atoms with Crippen molar-refractivity contribution in [1.29, 1.82) is 0 Å². The van der Waals surface area contributed by atoms with Crippen LogP contribution in [0.5, 0.6) is 0 Å². The highest BCUT2D eigenvalue weighted by molar-refractivity contribution is 6.51. The quantitative estimate of drug-likeness (QED) is 0.779. The van der Waals surface area contributed by atoms with Gasteiger partial charge < -0.3 is 9.31 Å². The van der Waals surface area contributed by atoms with Gasteiger partial charge in [0.05, 0.1) is 11.2 Å². The van der Waals surface area contributed by atoms with Crippen molar-refractivity contribution in [1.82, 2.24) is 4.90 Å². The highest BCUT2D eigenvalue weighted by atomic mass is 16.7. The Morgan fingerprint density at radius 2 is 1.62 bits per heavy atom. The van der Waals surface area contributed by atoms with Gasteiger partial charge in [0, 0.05) is 6.54 Å². The van der Waals surface area contributed by atoms with Gasteiger partial charge in [-0.25, -0.2) is 0 Å². The van der Waals surface area contributed by atoms with E-state index in [0.29, 0.717) is 0 Å². The summed E-state index contributed by atoms with van der Waals surface area (Å²) in [7, 11) is -0.225. The van der Waals surface area contributed by atoms with Gasteiger partial charge in [0.2, 0.25) is 0 Å². The Balaban J connectivity index is 1.44. The minimum Gasteiger partial charge on any atom is -0.400 e. The predicted molar refractivity (Wildman–Crippen MR) is 100 cm³/mol. The molecule has 2 saturated heterocycles. The average Bonchev–Trinajstić information content (AvgIpc) is 2.76. The summed E-state index contributed by atoms with van der Waals surface area (Å²) < 4.78 is 12.0. The molecule has 0 bridgehead atoms. The zero-order valence-corrected chi connectivity index (χ0v) is 15.5. The Morgan fingerprint density at radius 3 is 2.21 bits per heavy atom. The van der Waals surface area contributed by atoms with E-state index in [0.717, 1.165) is 25.6 Å². The third-order valence-corrected chi connectivity index (χ3v) is 5.79. The summed E-state index contributed by atoms with van der Waals surface area (Å²) in [6.45, 7) is 11.7. The van der Waals surface area contributed by atoms with E-state index < -0.39 is 0 Å². The molecule has 0 N–H and O–H groups in total. The van der Waals surface area contributed by atoms with Gasteiger partial charge in [-0.2, -0.15) is 0 Å². The maximum atomic E-state index is 6.00. The summed E-state index contributed by atoms with van der Waals surface area (Å²) in [6, 6.07) is 10.9. The van der Waals surface area contributed by atoms with E-state index in [4.69, 9.17) is 9.31 Å². The van der Waals surface area contributed by atoms with Crippen LogP contribution in [-0.4, -0.2) is 42.9 Å². The standard InChI is InChI=1S/C20H30BNO2/c1-19(2)20(3,4)24-21(23-19)13-8-14-22-15-11-18(12-16-22)17-9-6-5-7-10-17/h5-10,13,18H,11-12,14-16H2,1-4H3/b13-8+. The fraction of sp³-hybridized carbons (Fsp3) is 0.600. The normalized spacial score (nSPS) is 24.8. The van der Waals surface area contributed by atoms with Crippen LogP contribution in [0.4, 0.5) is 0 Å². The molecule has 24 heavy (non-hydrogen) atoms. The van der Waals surface area contributed by atoms with E-state index in [9.17, 15) is 0 Å². The molecule has 0 amide bonds.